The minimum absolute atomic E-state index is 0.0840. The van der Waals surface area contributed by atoms with Gasteiger partial charge >= 0.3 is 0 Å². The van der Waals surface area contributed by atoms with Crippen molar-refractivity contribution in [1.82, 2.24) is 9.99 Å². The van der Waals surface area contributed by atoms with Crippen LogP contribution in [0.4, 0.5) is 5.69 Å². The standard InChI is InChI=1S/C20H23N5O2/c1-3-24(12-6-10-21)18-9-8-17(16(2)13-18)14-22-23-19(26)15-25-11-5-4-7-20(25)27/h4-5,7-9,11,13-14H,3,6,12,15H2,1-2H3,(H,23,26)/b22-14-. The van der Waals surface area contributed by atoms with Crippen molar-refractivity contribution in [3.8, 4) is 6.07 Å². The average Bonchev–Trinajstić information content (AvgIpc) is 2.66. The highest BCUT2D eigenvalue weighted by Crippen LogP contribution is 2.18. The molecule has 0 aliphatic heterocycles. The van der Waals surface area contributed by atoms with Gasteiger partial charge in [0, 0.05) is 31.0 Å². The number of nitrogens with zero attached hydrogens (tertiary/aromatic N) is 4. The number of anilines is 1. The molecule has 0 radical (unpaired) electrons. The number of pyridine rings is 1. The number of aryl methyl sites for hydroxylation is 1. The Kier molecular flexibility index (Phi) is 7.32. The summed E-state index contributed by atoms with van der Waals surface area (Å²) in [6.07, 6.45) is 3.61. The SMILES string of the molecule is CCN(CCC#N)c1ccc(/C=N\NC(=O)Cn2ccccc2=O)c(C)c1. The van der Waals surface area contributed by atoms with E-state index in [9.17, 15) is 9.59 Å². The molecule has 140 valence electrons. The maximum absolute atomic E-state index is 11.9. The molecule has 1 aromatic heterocycles. The van der Waals surface area contributed by atoms with E-state index in [1.807, 2.05) is 25.1 Å². The van der Waals surface area contributed by atoms with Crippen LogP contribution in [-0.2, 0) is 11.3 Å². The normalized spacial score (nSPS) is 10.6. The second-order valence-corrected chi connectivity index (χ2v) is 5.99. The molecule has 7 nitrogen and oxygen atoms in total. The number of hydrogen-bond acceptors (Lipinski definition) is 5. The lowest BCUT2D eigenvalue weighted by molar-refractivity contribution is -0.121. The molecule has 27 heavy (non-hydrogen) atoms. The maximum Gasteiger partial charge on any atom is 0.260 e. The molecule has 0 bridgehead atoms. The number of nitriles is 1. The number of nitrogens with one attached hydrogen (secondary N) is 1. The van der Waals surface area contributed by atoms with Gasteiger partial charge < -0.3 is 9.47 Å². The van der Waals surface area contributed by atoms with Crippen LogP contribution in [0.3, 0.4) is 0 Å². The fourth-order valence-corrected chi connectivity index (χ4v) is 2.61. The second-order valence-electron chi connectivity index (χ2n) is 5.99. The number of aromatic nitrogens is 1. The zero-order valence-electron chi connectivity index (χ0n) is 15.6. The molecule has 1 aromatic carbocycles. The minimum atomic E-state index is -0.373. The van der Waals surface area contributed by atoms with Gasteiger partial charge in [-0.1, -0.05) is 12.1 Å². The molecular weight excluding hydrogens is 342 g/mol. The quantitative estimate of drug-likeness (QED) is 0.572. The Bertz CT molecular complexity index is 911. The molecule has 0 saturated carbocycles. The van der Waals surface area contributed by atoms with Gasteiger partial charge in [-0.05, 0) is 43.2 Å². The van der Waals surface area contributed by atoms with Crippen LogP contribution < -0.4 is 15.9 Å². The third kappa shape index (κ3) is 5.82. The van der Waals surface area contributed by atoms with Crippen LogP contribution in [0.5, 0.6) is 0 Å². The smallest absolute Gasteiger partial charge is 0.260 e. The lowest BCUT2D eigenvalue weighted by atomic mass is 10.1. The van der Waals surface area contributed by atoms with Crippen molar-refractivity contribution in [3.05, 3.63) is 64.1 Å². The summed E-state index contributed by atoms with van der Waals surface area (Å²) in [7, 11) is 0. The van der Waals surface area contributed by atoms with Crippen LogP contribution in [0.25, 0.3) is 0 Å². The van der Waals surface area contributed by atoms with Crippen molar-refractivity contribution < 1.29 is 4.79 Å². The Morgan fingerprint density at radius 3 is 2.85 bits per heavy atom. The van der Waals surface area contributed by atoms with E-state index in [0.717, 1.165) is 23.4 Å². The number of rotatable bonds is 8. The zero-order chi connectivity index (χ0) is 19.6. The Hall–Kier alpha value is -3.40. The maximum atomic E-state index is 11.9. The molecule has 1 N–H and O–H groups in total. The fourth-order valence-electron chi connectivity index (χ4n) is 2.61. The lowest BCUT2D eigenvalue weighted by Crippen LogP contribution is -2.29. The van der Waals surface area contributed by atoms with Crippen LogP contribution in [0.15, 0.2) is 52.5 Å². The van der Waals surface area contributed by atoms with Gasteiger partial charge in [-0.15, -0.1) is 0 Å². The molecule has 7 heteroatoms. The van der Waals surface area contributed by atoms with Crippen LogP contribution in [0.1, 0.15) is 24.5 Å². The number of carbonyl (C=O) groups excluding carboxylic acids is 1. The van der Waals surface area contributed by atoms with E-state index in [2.05, 4.69) is 28.4 Å². The zero-order valence-corrected chi connectivity index (χ0v) is 15.6. The van der Waals surface area contributed by atoms with Crippen LogP contribution in [0.2, 0.25) is 0 Å². The first-order valence-corrected chi connectivity index (χ1v) is 8.75. The van der Waals surface area contributed by atoms with Gasteiger partial charge in [0.1, 0.15) is 6.54 Å². The molecule has 0 saturated heterocycles. The molecule has 0 fully saturated rings. The Labute approximate surface area is 158 Å². The molecule has 1 heterocycles. The van der Waals surface area contributed by atoms with E-state index >= 15 is 0 Å². The Morgan fingerprint density at radius 2 is 2.19 bits per heavy atom. The van der Waals surface area contributed by atoms with Gasteiger partial charge in [0.25, 0.3) is 11.5 Å². The molecule has 0 aliphatic rings. The first-order chi connectivity index (χ1) is 13.0. The summed E-state index contributed by atoms with van der Waals surface area (Å²) in [5.74, 6) is -0.373. The monoisotopic (exact) mass is 365 g/mol. The van der Waals surface area contributed by atoms with E-state index in [1.54, 1.807) is 24.5 Å². The van der Waals surface area contributed by atoms with E-state index in [4.69, 9.17) is 5.26 Å². The van der Waals surface area contributed by atoms with E-state index in [0.29, 0.717) is 13.0 Å². The molecular formula is C20H23N5O2. The van der Waals surface area contributed by atoms with Crippen LogP contribution >= 0.6 is 0 Å². The average molecular weight is 365 g/mol. The molecule has 0 unspecified atom stereocenters. The summed E-state index contributed by atoms with van der Waals surface area (Å²) in [5.41, 5.74) is 5.15. The van der Waals surface area contributed by atoms with Gasteiger partial charge in [-0.2, -0.15) is 10.4 Å². The summed E-state index contributed by atoms with van der Waals surface area (Å²) in [5, 5.41) is 12.7. The van der Waals surface area contributed by atoms with Crippen molar-refractivity contribution >= 4 is 17.8 Å². The third-order valence-corrected chi connectivity index (χ3v) is 4.10. The van der Waals surface area contributed by atoms with Crippen molar-refractivity contribution in [2.45, 2.75) is 26.8 Å². The van der Waals surface area contributed by atoms with E-state index in [1.165, 1.54) is 10.6 Å². The van der Waals surface area contributed by atoms with E-state index < -0.39 is 0 Å². The predicted molar refractivity (Wildman–Crippen MR) is 106 cm³/mol. The van der Waals surface area contributed by atoms with Crippen molar-refractivity contribution in [2.24, 2.45) is 5.10 Å². The number of hydrogen-bond donors (Lipinski definition) is 1. The topological polar surface area (TPSA) is 90.5 Å². The number of benzene rings is 1. The Balaban J connectivity index is 1.98. The molecule has 0 spiro atoms. The highest BCUT2D eigenvalue weighted by atomic mass is 16.2. The Morgan fingerprint density at radius 1 is 1.37 bits per heavy atom. The van der Waals surface area contributed by atoms with Gasteiger partial charge in [0.05, 0.1) is 18.7 Å². The molecule has 0 aliphatic carbocycles. The predicted octanol–water partition coefficient (Wildman–Crippen LogP) is 2.05. The van der Waals surface area contributed by atoms with Gasteiger partial charge in [-0.3, -0.25) is 9.59 Å². The summed E-state index contributed by atoms with van der Waals surface area (Å²) in [4.78, 5) is 25.6. The highest BCUT2D eigenvalue weighted by molar-refractivity contribution is 5.84. The van der Waals surface area contributed by atoms with Crippen molar-refractivity contribution in [3.63, 3.8) is 0 Å². The number of amides is 1. The molecule has 1 amide bonds. The van der Waals surface area contributed by atoms with Gasteiger partial charge in [-0.25, -0.2) is 5.43 Å². The molecule has 2 aromatic rings. The van der Waals surface area contributed by atoms with Gasteiger partial charge in [0.15, 0.2) is 0 Å². The summed E-state index contributed by atoms with van der Waals surface area (Å²) in [6, 6.07) is 12.8. The van der Waals surface area contributed by atoms with Gasteiger partial charge in [0.2, 0.25) is 0 Å². The first kappa shape index (κ1) is 19.9. The van der Waals surface area contributed by atoms with E-state index in [-0.39, 0.29) is 18.0 Å². The minimum Gasteiger partial charge on any atom is -0.371 e. The largest absolute Gasteiger partial charge is 0.371 e. The second kappa shape index (κ2) is 9.92. The molecule has 2 rings (SSSR count). The third-order valence-electron chi connectivity index (χ3n) is 4.10. The molecule has 0 atom stereocenters. The highest BCUT2D eigenvalue weighted by Gasteiger charge is 2.06. The summed E-state index contributed by atoms with van der Waals surface area (Å²) >= 11 is 0. The first-order valence-electron chi connectivity index (χ1n) is 8.75. The van der Waals surface area contributed by atoms with Crippen LogP contribution in [0, 0.1) is 18.3 Å². The number of carbonyl (C=O) groups is 1. The lowest BCUT2D eigenvalue weighted by Gasteiger charge is -2.22. The van der Waals surface area contributed by atoms with Crippen molar-refractivity contribution in [2.75, 3.05) is 18.0 Å². The summed E-state index contributed by atoms with van der Waals surface area (Å²) in [6.45, 7) is 5.45. The van der Waals surface area contributed by atoms with Crippen LogP contribution in [-0.4, -0.2) is 29.8 Å². The number of hydrazone groups is 1. The van der Waals surface area contributed by atoms with Crippen molar-refractivity contribution in [1.29, 1.82) is 5.26 Å². The summed E-state index contributed by atoms with van der Waals surface area (Å²) < 4.78 is 1.31. The fraction of sp³-hybridized carbons (Fsp3) is 0.300.